The molecule has 0 fully saturated rings. The number of hydrogen-bond acceptors (Lipinski definition) is 5. The first-order chi connectivity index (χ1) is 10.1. The summed E-state index contributed by atoms with van der Waals surface area (Å²) in [4.78, 5) is 11.7. The van der Waals surface area contributed by atoms with Gasteiger partial charge in [0.1, 0.15) is 5.82 Å². The van der Waals surface area contributed by atoms with Gasteiger partial charge >= 0.3 is 11.8 Å². The predicted octanol–water partition coefficient (Wildman–Crippen LogP) is 1.83. The molecule has 0 spiro atoms. The fourth-order valence-corrected chi connectivity index (χ4v) is 1.82. The van der Waals surface area contributed by atoms with Crippen molar-refractivity contribution in [1.29, 1.82) is 0 Å². The van der Waals surface area contributed by atoms with E-state index in [-0.39, 0.29) is 23.2 Å². The number of methoxy groups -OCH3 is 1. The molecule has 112 valence electrons. The standard InChI is InChI=1S/C13H13ClFN3O3/c1-20-5-4-16-12(19)13-18-17-11(21-13)6-8-2-3-9(15)7-10(8)14/h2-3,7H,4-6H2,1H3,(H,16,19). The smallest absolute Gasteiger partial charge is 0.308 e. The molecule has 0 saturated heterocycles. The second kappa shape index (κ2) is 7.14. The number of amides is 1. The van der Waals surface area contributed by atoms with E-state index in [9.17, 15) is 9.18 Å². The molecule has 0 aliphatic carbocycles. The van der Waals surface area contributed by atoms with Gasteiger partial charge in [0.05, 0.1) is 13.0 Å². The Bertz CT molecular complexity index is 633. The van der Waals surface area contributed by atoms with Crippen molar-refractivity contribution in [3.63, 3.8) is 0 Å². The molecule has 8 heteroatoms. The van der Waals surface area contributed by atoms with Crippen LogP contribution >= 0.6 is 11.6 Å². The minimum absolute atomic E-state index is 0.140. The van der Waals surface area contributed by atoms with E-state index < -0.39 is 11.7 Å². The zero-order valence-electron chi connectivity index (χ0n) is 11.2. The molecule has 2 aromatic rings. The van der Waals surface area contributed by atoms with Gasteiger partial charge in [-0.05, 0) is 17.7 Å². The first kappa shape index (κ1) is 15.4. The van der Waals surface area contributed by atoms with Gasteiger partial charge in [0, 0.05) is 18.7 Å². The number of aromatic nitrogens is 2. The van der Waals surface area contributed by atoms with E-state index >= 15 is 0 Å². The van der Waals surface area contributed by atoms with Crippen LogP contribution in [0.5, 0.6) is 0 Å². The summed E-state index contributed by atoms with van der Waals surface area (Å²) in [6, 6.07) is 4.02. The van der Waals surface area contributed by atoms with Crippen LogP contribution in [0.4, 0.5) is 4.39 Å². The highest BCUT2D eigenvalue weighted by Crippen LogP contribution is 2.20. The number of carbonyl (C=O) groups excluding carboxylic acids is 1. The third kappa shape index (κ3) is 4.24. The van der Waals surface area contributed by atoms with Gasteiger partial charge in [-0.15, -0.1) is 10.2 Å². The maximum atomic E-state index is 12.9. The highest BCUT2D eigenvalue weighted by molar-refractivity contribution is 6.31. The molecule has 0 atom stereocenters. The number of rotatable bonds is 6. The molecule has 1 heterocycles. The second-order valence-corrected chi connectivity index (χ2v) is 4.57. The maximum Gasteiger partial charge on any atom is 0.308 e. The molecule has 0 unspecified atom stereocenters. The summed E-state index contributed by atoms with van der Waals surface area (Å²) in [5, 5.41) is 10.2. The molecule has 21 heavy (non-hydrogen) atoms. The number of ether oxygens (including phenoxy) is 1. The Balaban J connectivity index is 2.01. The van der Waals surface area contributed by atoms with Crippen LogP contribution < -0.4 is 5.32 Å². The minimum atomic E-state index is -0.476. The van der Waals surface area contributed by atoms with Gasteiger partial charge in [0.25, 0.3) is 0 Å². The number of benzene rings is 1. The number of nitrogens with zero attached hydrogens (tertiary/aromatic N) is 2. The fraction of sp³-hybridized carbons (Fsp3) is 0.308. The van der Waals surface area contributed by atoms with Crippen molar-refractivity contribution in [1.82, 2.24) is 15.5 Å². The summed E-state index contributed by atoms with van der Waals surface area (Å²) >= 11 is 5.91. The van der Waals surface area contributed by atoms with E-state index in [4.69, 9.17) is 20.8 Å². The Labute approximate surface area is 125 Å². The average molecular weight is 314 g/mol. The molecule has 1 aromatic carbocycles. The lowest BCUT2D eigenvalue weighted by Gasteiger charge is -2.01. The van der Waals surface area contributed by atoms with Crippen LogP contribution in [0, 0.1) is 5.82 Å². The zero-order chi connectivity index (χ0) is 15.2. The number of carbonyl (C=O) groups is 1. The van der Waals surface area contributed by atoms with Crippen LogP contribution in [0.3, 0.4) is 0 Å². The zero-order valence-corrected chi connectivity index (χ0v) is 12.0. The number of halogens is 2. The molecule has 0 aliphatic rings. The normalized spacial score (nSPS) is 10.6. The van der Waals surface area contributed by atoms with Crippen LogP contribution in [0.1, 0.15) is 22.1 Å². The van der Waals surface area contributed by atoms with Crippen molar-refractivity contribution < 1.29 is 18.3 Å². The molecular formula is C13H13ClFN3O3. The van der Waals surface area contributed by atoms with E-state index in [2.05, 4.69) is 15.5 Å². The lowest BCUT2D eigenvalue weighted by molar-refractivity contribution is 0.0901. The van der Waals surface area contributed by atoms with Crippen molar-refractivity contribution in [2.75, 3.05) is 20.3 Å². The summed E-state index contributed by atoms with van der Waals surface area (Å²) < 4.78 is 23.0. The van der Waals surface area contributed by atoms with Gasteiger partial charge in [-0.1, -0.05) is 17.7 Å². The Morgan fingerprint density at radius 2 is 2.29 bits per heavy atom. The Kier molecular flexibility index (Phi) is 5.24. The van der Waals surface area contributed by atoms with Crippen LogP contribution in [-0.4, -0.2) is 36.4 Å². The predicted molar refractivity (Wildman–Crippen MR) is 72.7 cm³/mol. The third-order valence-corrected chi connectivity index (χ3v) is 2.96. The van der Waals surface area contributed by atoms with E-state index in [1.165, 1.54) is 25.3 Å². The van der Waals surface area contributed by atoms with Crippen LogP contribution in [0.25, 0.3) is 0 Å². The Hall–Kier alpha value is -1.99. The Morgan fingerprint density at radius 3 is 3.00 bits per heavy atom. The minimum Gasteiger partial charge on any atom is -0.417 e. The van der Waals surface area contributed by atoms with Crippen molar-refractivity contribution >= 4 is 17.5 Å². The average Bonchev–Trinajstić information content (AvgIpc) is 2.91. The lowest BCUT2D eigenvalue weighted by Crippen LogP contribution is -2.27. The molecule has 1 aromatic heterocycles. The molecule has 2 rings (SSSR count). The second-order valence-electron chi connectivity index (χ2n) is 4.16. The molecule has 1 amide bonds. The molecule has 0 radical (unpaired) electrons. The maximum absolute atomic E-state index is 12.9. The summed E-state index contributed by atoms with van der Waals surface area (Å²) in [5.41, 5.74) is 0.632. The third-order valence-electron chi connectivity index (χ3n) is 2.61. The van der Waals surface area contributed by atoms with Crippen LogP contribution in [0.15, 0.2) is 22.6 Å². The van der Waals surface area contributed by atoms with Gasteiger partial charge < -0.3 is 14.5 Å². The van der Waals surface area contributed by atoms with E-state index in [0.29, 0.717) is 18.7 Å². The molecular weight excluding hydrogens is 301 g/mol. The summed E-state index contributed by atoms with van der Waals surface area (Å²) in [7, 11) is 1.53. The Morgan fingerprint density at radius 1 is 1.48 bits per heavy atom. The number of hydrogen-bond donors (Lipinski definition) is 1. The van der Waals surface area contributed by atoms with Gasteiger partial charge in [0.15, 0.2) is 0 Å². The van der Waals surface area contributed by atoms with Gasteiger partial charge in [0.2, 0.25) is 5.89 Å². The van der Waals surface area contributed by atoms with E-state index in [1.54, 1.807) is 0 Å². The van der Waals surface area contributed by atoms with E-state index in [1.807, 2.05) is 0 Å². The van der Waals surface area contributed by atoms with Gasteiger partial charge in [-0.2, -0.15) is 0 Å². The SMILES string of the molecule is COCCNC(=O)c1nnc(Cc2ccc(F)cc2Cl)o1. The highest BCUT2D eigenvalue weighted by Gasteiger charge is 2.15. The monoisotopic (exact) mass is 313 g/mol. The first-order valence-electron chi connectivity index (χ1n) is 6.13. The molecule has 1 N–H and O–H groups in total. The summed E-state index contributed by atoms with van der Waals surface area (Å²) in [6.45, 7) is 0.731. The first-order valence-corrected chi connectivity index (χ1v) is 6.51. The van der Waals surface area contributed by atoms with Crippen molar-refractivity contribution in [3.05, 3.63) is 46.4 Å². The van der Waals surface area contributed by atoms with E-state index in [0.717, 1.165) is 0 Å². The van der Waals surface area contributed by atoms with Crippen molar-refractivity contribution in [2.45, 2.75) is 6.42 Å². The summed E-state index contributed by atoms with van der Waals surface area (Å²) in [5.74, 6) is -0.816. The van der Waals surface area contributed by atoms with Crippen molar-refractivity contribution in [3.8, 4) is 0 Å². The largest absolute Gasteiger partial charge is 0.417 e. The quantitative estimate of drug-likeness (QED) is 0.823. The highest BCUT2D eigenvalue weighted by atomic mass is 35.5. The van der Waals surface area contributed by atoms with Gasteiger partial charge in [-0.25, -0.2) is 4.39 Å². The fourth-order valence-electron chi connectivity index (χ4n) is 1.59. The molecule has 0 saturated carbocycles. The van der Waals surface area contributed by atoms with Crippen LogP contribution in [-0.2, 0) is 11.2 Å². The van der Waals surface area contributed by atoms with Crippen LogP contribution in [0.2, 0.25) is 5.02 Å². The van der Waals surface area contributed by atoms with Crippen molar-refractivity contribution in [2.24, 2.45) is 0 Å². The molecule has 0 bridgehead atoms. The number of nitrogens with one attached hydrogen (secondary N) is 1. The molecule has 6 nitrogen and oxygen atoms in total. The lowest BCUT2D eigenvalue weighted by atomic mass is 10.1. The molecule has 0 aliphatic heterocycles. The topological polar surface area (TPSA) is 77.2 Å². The van der Waals surface area contributed by atoms with Gasteiger partial charge in [-0.3, -0.25) is 4.79 Å². The summed E-state index contributed by atoms with van der Waals surface area (Å²) in [6.07, 6.45) is 0.220.